The van der Waals surface area contributed by atoms with E-state index in [9.17, 15) is 0 Å². The summed E-state index contributed by atoms with van der Waals surface area (Å²) in [6.07, 6.45) is 0. The third-order valence-electron chi connectivity index (χ3n) is 3.35. The number of nitrogens with zero attached hydrogens (tertiary/aromatic N) is 3. The number of benzene rings is 2. The molecule has 21 heavy (non-hydrogen) atoms. The fraction of sp³-hybridized carbons (Fsp3) is 0.294. The topological polar surface area (TPSA) is 30.7 Å². The summed E-state index contributed by atoms with van der Waals surface area (Å²) >= 11 is 1.82. The minimum Gasteiger partial charge on any atom is -0.170 e. The lowest BCUT2D eigenvalue weighted by Gasteiger charge is -2.19. The summed E-state index contributed by atoms with van der Waals surface area (Å²) in [7, 11) is 0. The van der Waals surface area contributed by atoms with Crippen LogP contribution in [0.2, 0.25) is 0 Å². The molecule has 4 heteroatoms. The second kappa shape index (κ2) is 5.90. The molecular weight excluding hydrogens is 278 g/mol. The van der Waals surface area contributed by atoms with Gasteiger partial charge in [-0.15, -0.1) is 0 Å². The molecule has 0 aliphatic rings. The van der Waals surface area contributed by atoms with Gasteiger partial charge in [0.25, 0.3) is 0 Å². The third-order valence-corrected chi connectivity index (χ3v) is 4.85. The van der Waals surface area contributed by atoms with E-state index in [1.807, 2.05) is 40.8 Å². The molecule has 0 N–H and O–H groups in total. The number of thioether (sulfide) groups is 1. The van der Waals surface area contributed by atoms with Crippen LogP contribution < -0.4 is 0 Å². The Kier molecular flexibility index (Phi) is 3.97. The molecule has 1 aromatic heterocycles. The van der Waals surface area contributed by atoms with Crippen molar-refractivity contribution >= 4 is 22.8 Å². The molecule has 0 fully saturated rings. The first-order valence-electron chi connectivity index (χ1n) is 7.18. The van der Waals surface area contributed by atoms with E-state index in [4.69, 9.17) is 0 Å². The molecular formula is C17H19N3S. The lowest BCUT2D eigenvalue weighted by atomic mass is 10.2. The number of hydrogen-bond donors (Lipinski definition) is 0. The van der Waals surface area contributed by atoms with Crippen molar-refractivity contribution in [2.45, 2.75) is 31.0 Å². The van der Waals surface area contributed by atoms with Gasteiger partial charge >= 0.3 is 0 Å². The van der Waals surface area contributed by atoms with Gasteiger partial charge in [-0.05, 0) is 37.1 Å². The van der Waals surface area contributed by atoms with Crippen LogP contribution in [0.4, 0.5) is 0 Å². The van der Waals surface area contributed by atoms with Crippen LogP contribution in [0.1, 0.15) is 24.8 Å². The molecule has 1 atom stereocenters. The maximum Gasteiger partial charge on any atom is 0.124 e. The third kappa shape index (κ3) is 3.10. The molecule has 0 spiro atoms. The van der Waals surface area contributed by atoms with Crippen LogP contribution in [0.25, 0.3) is 11.0 Å². The molecule has 0 saturated carbocycles. The van der Waals surface area contributed by atoms with E-state index < -0.39 is 0 Å². The maximum atomic E-state index is 4.64. The molecule has 0 amide bonds. The minimum atomic E-state index is 0.194. The summed E-state index contributed by atoms with van der Waals surface area (Å²) in [6.45, 7) is 6.54. The Balaban J connectivity index is 1.94. The van der Waals surface area contributed by atoms with Crippen molar-refractivity contribution in [3.05, 3.63) is 54.1 Å². The van der Waals surface area contributed by atoms with Crippen LogP contribution in [0, 0.1) is 12.8 Å². The van der Waals surface area contributed by atoms with Crippen molar-refractivity contribution in [3.8, 4) is 0 Å². The van der Waals surface area contributed by atoms with E-state index in [2.05, 4.69) is 55.2 Å². The summed E-state index contributed by atoms with van der Waals surface area (Å²) in [6, 6.07) is 16.6. The SMILES string of the molecule is Cc1cccc(SC(C(C)C)n2nc3ccccc3n2)c1. The molecule has 0 aliphatic heterocycles. The fourth-order valence-electron chi connectivity index (χ4n) is 2.27. The zero-order chi connectivity index (χ0) is 14.8. The molecule has 1 unspecified atom stereocenters. The van der Waals surface area contributed by atoms with Crippen LogP contribution in [0.3, 0.4) is 0 Å². The van der Waals surface area contributed by atoms with Crippen LogP contribution in [0.15, 0.2) is 53.4 Å². The zero-order valence-corrected chi connectivity index (χ0v) is 13.3. The van der Waals surface area contributed by atoms with Crippen LogP contribution >= 0.6 is 11.8 Å². The molecule has 2 aromatic carbocycles. The molecule has 1 heterocycles. The summed E-state index contributed by atoms with van der Waals surface area (Å²) in [4.78, 5) is 3.12. The van der Waals surface area contributed by atoms with Gasteiger partial charge in [0.2, 0.25) is 0 Å². The minimum absolute atomic E-state index is 0.194. The predicted octanol–water partition coefficient (Wildman–Crippen LogP) is 4.69. The molecule has 108 valence electrons. The van der Waals surface area contributed by atoms with Crippen LogP contribution in [0.5, 0.6) is 0 Å². The first kappa shape index (κ1) is 14.1. The van der Waals surface area contributed by atoms with E-state index in [0.29, 0.717) is 5.92 Å². The molecule has 3 aromatic rings. The van der Waals surface area contributed by atoms with E-state index in [1.165, 1.54) is 10.5 Å². The summed E-state index contributed by atoms with van der Waals surface area (Å²) in [5.41, 5.74) is 3.18. The van der Waals surface area contributed by atoms with Crippen molar-refractivity contribution in [2.75, 3.05) is 0 Å². The predicted molar refractivity (Wildman–Crippen MR) is 88.4 cm³/mol. The lowest BCUT2D eigenvalue weighted by Crippen LogP contribution is -2.14. The highest BCUT2D eigenvalue weighted by Crippen LogP contribution is 2.36. The van der Waals surface area contributed by atoms with Gasteiger partial charge < -0.3 is 0 Å². The molecule has 0 saturated heterocycles. The second-order valence-corrected chi connectivity index (χ2v) is 6.77. The van der Waals surface area contributed by atoms with Gasteiger partial charge in [0.1, 0.15) is 16.4 Å². The first-order chi connectivity index (χ1) is 10.1. The van der Waals surface area contributed by atoms with Gasteiger partial charge in [0, 0.05) is 4.90 Å². The van der Waals surface area contributed by atoms with Crippen molar-refractivity contribution in [2.24, 2.45) is 5.92 Å². The number of hydrogen-bond acceptors (Lipinski definition) is 3. The van der Waals surface area contributed by atoms with Crippen molar-refractivity contribution in [1.29, 1.82) is 0 Å². The molecule has 3 rings (SSSR count). The normalized spacial score (nSPS) is 13.0. The largest absolute Gasteiger partial charge is 0.170 e. The van der Waals surface area contributed by atoms with Crippen molar-refractivity contribution in [1.82, 2.24) is 15.0 Å². The average molecular weight is 297 g/mol. The Bertz CT molecular complexity index is 715. The Hall–Kier alpha value is -1.81. The number of aryl methyl sites for hydroxylation is 1. The quantitative estimate of drug-likeness (QED) is 0.655. The Morgan fingerprint density at radius 3 is 2.19 bits per heavy atom. The summed E-state index contributed by atoms with van der Waals surface area (Å²) in [5, 5.41) is 9.47. The fourth-order valence-corrected chi connectivity index (χ4v) is 3.42. The summed E-state index contributed by atoms with van der Waals surface area (Å²) in [5.74, 6) is 0.442. The Labute approximate surface area is 129 Å². The van der Waals surface area contributed by atoms with Crippen molar-refractivity contribution < 1.29 is 0 Å². The van der Waals surface area contributed by atoms with Crippen LogP contribution in [-0.4, -0.2) is 15.0 Å². The molecule has 0 aliphatic carbocycles. The first-order valence-corrected chi connectivity index (χ1v) is 8.06. The van der Waals surface area contributed by atoms with Gasteiger partial charge in [0.05, 0.1) is 0 Å². The lowest BCUT2D eigenvalue weighted by molar-refractivity contribution is 0.428. The van der Waals surface area contributed by atoms with Crippen molar-refractivity contribution in [3.63, 3.8) is 0 Å². The van der Waals surface area contributed by atoms with E-state index >= 15 is 0 Å². The van der Waals surface area contributed by atoms with E-state index in [-0.39, 0.29) is 5.37 Å². The molecule has 3 nitrogen and oxygen atoms in total. The summed E-state index contributed by atoms with van der Waals surface area (Å²) < 4.78 is 0. The standard InChI is InChI=1S/C17H19N3S/c1-12(2)17(21-14-8-6-7-13(3)11-14)20-18-15-9-4-5-10-16(15)19-20/h4-12,17H,1-3H3. The highest BCUT2D eigenvalue weighted by Gasteiger charge is 2.20. The second-order valence-electron chi connectivity index (χ2n) is 5.58. The Morgan fingerprint density at radius 2 is 1.62 bits per heavy atom. The number of rotatable bonds is 4. The Morgan fingerprint density at radius 1 is 0.952 bits per heavy atom. The zero-order valence-electron chi connectivity index (χ0n) is 12.5. The molecule has 0 radical (unpaired) electrons. The smallest absolute Gasteiger partial charge is 0.124 e. The van der Waals surface area contributed by atoms with Crippen LogP contribution in [-0.2, 0) is 0 Å². The monoisotopic (exact) mass is 297 g/mol. The van der Waals surface area contributed by atoms with Gasteiger partial charge in [-0.3, -0.25) is 0 Å². The molecule has 0 bridgehead atoms. The van der Waals surface area contributed by atoms with Gasteiger partial charge in [-0.25, -0.2) is 0 Å². The number of aromatic nitrogens is 3. The highest BCUT2D eigenvalue weighted by molar-refractivity contribution is 7.99. The average Bonchev–Trinajstić information content (AvgIpc) is 2.88. The van der Waals surface area contributed by atoms with Gasteiger partial charge in [-0.1, -0.05) is 55.4 Å². The van der Waals surface area contributed by atoms with Gasteiger partial charge in [0.15, 0.2) is 0 Å². The van der Waals surface area contributed by atoms with E-state index in [1.54, 1.807) is 0 Å². The van der Waals surface area contributed by atoms with E-state index in [0.717, 1.165) is 11.0 Å². The highest BCUT2D eigenvalue weighted by atomic mass is 32.2. The number of fused-ring (bicyclic) bond motifs is 1. The van der Waals surface area contributed by atoms with Gasteiger partial charge in [-0.2, -0.15) is 15.0 Å². The maximum absolute atomic E-state index is 4.64.